The Morgan fingerprint density at radius 1 is 0.956 bits per heavy atom. The van der Waals surface area contributed by atoms with E-state index in [-0.39, 0.29) is 42.6 Å². The van der Waals surface area contributed by atoms with Crippen molar-refractivity contribution in [1.29, 1.82) is 0 Å². The van der Waals surface area contributed by atoms with E-state index in [9.17, 15) is 14.5 Å². The van der Waals surface area contributed by atoms with Crippen LogP contribution in [0.1, 0.15) is 34.9 Å². The number of ether oxygens (including phenoxy) is 4. The molecule has 3 aromatic carbocycles. The normalized spacial score (nSPS) is 19.4. The van der Waals surface area contributed by atoms with Crippen LogP contribution < -0.4 is 55.2 Å². The number of nitrogens with one attached hydrogen (secondary N) is 1. The molecule has 1 N–H and O–H groups in total. The molecule has 13 heteroatoms. The van der Waals surface area contributed by atoms with Crippen LogP contribution in [0.15, 0.2) is 94.6 Å². The SMILES string of the molecule is COc1ccc(C(OC[C@H]2O[C@@H](n3cc(C)c(=O)[nH]c3=O)C[C@@H]2OP(C)([O-])=S)(c2ccccc2)c2ccc(OC)cc2)cc1.[Na+]. The van der Waals surface area contributed by atoms with Gasteiger partial charge in [-0.15, -0.1) is 0 Å². The van der Waals surface area contributed by atoms with Gasteiger partial charge in [-0.25, -0.2) is 4.79 Å². The van der Waals surface area contributed by atoms with Crippen LogP contribution in [0, 0.1) is 6.92 Å². The van der Waals surface area contributed by atoms with Crippen molar-refractivity contribution in [1.82, 2.24) is 9.55 Å². The standard InChI is InChI=1S/C32H35N2O8PS.Na/c1-21-19-34(31(36)33-30(21)35)29-18-27(42-43(4,37)44)28(41-29)20-40-32(22-8-6-5-7-9-22,23-10-14-25(38-2)15-11-23)24-12-16-26(39-3)17-13-24;/h5-17,19,27-29H,18,20H2,1-4H3,(H,37,44)(H,33,35,36);/q;+1/p-1/t27-,28+,29+,43?;/m0./s1. The maximum atomic E-state index is 12.7. The van der Waals surface area contributed by atoms with Crippen LogP contribution in [0.25, 0.3) is 0 Å². The second kappa shape index (κ2) is 14.9. The van der Waals surface area contributed by atoms with Crippen molar-refractivity contribution in [2.24, 2.45) is 0 Å². The predicted octanol–water partition coefficient (Wildman–Crippen LogP) is 0.847. The first kappa shape index (κ1) is 35.3. The van der Waals surface area contributed by atoms with Crippen LogP contribution in [-0.4, -0.2) is 49.3 Å². The third-order valence-electron chi connectivity index (χ3n) is 7.60. The Kier molecular flexibility index (Phi) is 11.7. The Hall–Kier alpha value is -2.57. The van der Waals surface area contributed by atoms with Crippen molar-refractivity contribution < 1.29 is 57.9 Å². The second-order valence-electron chi connectivity index (χ2n) is 10.6. The molecule has 2 heterocycles. The van der Waals surface area contributed by atoms with Gasteiger partial charge in [-0.2, -0.15) is 0 Å². The van der Waals surface area contributed by atoms with Crippen molar-refractivity contribution in [3.8, 4) is 11.5 Å². The Labute approximate surface area is 288 Å². The second-order valence-corrected chi connectivity index (χ2v) is 14.3. The Balaban J connectivity index is 0.00000461. The molecule has 1 aromatic heterocycles. The number of hydrogen-bond donors (Lipinski definition) is 1. The Morgan fingerprint density at radius 2 is 1.49 bits per heavy atom. The zero-order valence-corrected chi connectivity index (χ0v) is 29.5. The van der Waals surface area contributed by atoms with Crippen LogP contribution >= 0.6 is 6.49 Å². The minimum atomic E-state index is -3.38. The molecule has 1 aliphatic heterocycles. The summed E-state index contributed by atoms with van der Waals surface area (Å²) in [4.78, 5) is 39.7. The molecule has 0 spiro atoms. The van der Waals surface area contributed by atoms with Crippen LogP contribution in [0.3, 0.4) is 0 Å². The van der Waals surface area contributed by atoms with Crippen molar-refractivity contribution in [3.05, 3.63) is 128 Å². The van der Waals surface area contributed by atoms with E-state index in [0.29, 0.717) is 17.1 Å². The molecule has 0 radical (unpaired) electrons. The number of H-pyrrole nitrogens is 1. The van der Waals surface area contributed by atoms with Crippen LogP contribution in [0.2, 0.25) is 0 Å². The maximum absolute atomic E-state index is 12.7. The van der Waals surface area contributed by atoms with Crippen LogP contribution in [0.4, 0.5) is 0 Å². The predicted molar refractivity (Wildman–Crippen MR) is 168 cm³/mol. The van der Waals surface area contributed by atoms with Crippen molar-refractivity contribution in [2.75, 3.05) is 27.5 Å². The molecule has 5 rings (SSSR count). The van der Waals surface area contributed by atoms with E-state index in [4.69, 9.17) is 35.3 Å². The smallest absolute Gasteiger partial charge is 0.801 e. The molecule has 232 valence electrons. The van der Waals surface area contributed by atoms with E-state index in [1.54, 1.807) is 21.1 Å². The Morgan fingerprint density at radius 3 is 2.00 bits per heavy atom. The molecule has 0 bridgehead atoms. The molecule has 1 saturated heterocycles. The van der Waals surface area contributed by atoms with Gasteiger partial charge in [0, 0.05) is 18.2 Å². The third kappa shape index (κ3) is 7.88. The van der Waals surface area contributed by atoms with Gasteiger partial charge in [0.1, 0.15) is 29.4 Å². The van der Waals surface area contributed by atoms with Gasteiger partial charge < -0.3 is 28.4 Å². The van der Waals surface area contributed by atoms with Gasteiger partial charge in [-0.05, 0) is 61.0 Å². The number of hydrogen-bond acceptors (Lipinski definition) is 9. The first-order valence-corrected chi connectivity index (χ1v) is 17.1. The maximum Gasteiger partial charge on any atom is 1.00 e. The number of rotatable bonds is 11. The monoisotopic (exact) mass is 660 g/mol. The number of aromatic amines is 1. The molecule has 0 amide bonds. The number of aromatic nitrogens is 2. The average molecular weight is 661 g/mol. The molecule has 0 saturated carbocycles. The van der Waals surface area contributed by atoms with Crippen LogP contribution in [0.5, 0.6) is 11.5 Å². The quantitative estimate of drug-likeness (QED) is 0.142. The van der Waals surface area contributed by atoms with E-state index >= 15 is 0 Å². The molecule has 1 aliphatic rings. The van der Waals surface area contributed by atoms with Gasteiger partial charge >= 0.3 is 35.2 Å². The number of nitrogens with zero attached hydrogens (tertiary/aromatic N) is 1. The zero-order valence-electron chi connectivity index (χ0n) is 25.8. The summed E-state index contributed by atoms with van der Waals surface area (Å²) in [5.74, 6) is 1.37. The first-order chi connectivity index (χ1) is 21.0. The van der Waals surface area contributed by atoms with Crippen molar-refractivity contribution >= 4 is 18.3 Å². The topological polar surface area (TPSA) is 124 Å². The van der Waals surface area contributed by atoms with Crippen molar-refractivity contribution in [2.45, 2.75) is 37.4 Å². The van der Waals surface area contributed by atoms with E-state index < -0.39 is 41.8 Å². The summed E-state index contributed by atoms with van der Waals surface area (Å²) in [7, 11) is 3.21. The Bertz CT molecular complexity index is 1690. The fraction of sp³-hybridized carbons (Fsp3) is 0.312. The molecule has 4 aromatic rings. The van der Waals surface area contributed by atoms with E-state index in [1.165, 1.54) is 17.4 Å². The minimum Gasteiger partial charge on any atom is -0.801 e. The summed E-state index contributed by atoms with van der Waals surface area (Å²) in [5, 5.41) is 0. The molecule has 4 atom stereocenters. The van der Waals surface area contributed by atoms with Gasteiger partial charge in [-0.3, -0.25) is 14.3 Å². The summed E-state index contributed by atoms with van der Waals surface area (Å²) in [5.41, 5.74) is 0.584. The third-order valence-corrected chi connectivity index (χ3v) is 8.51. The fourth-order valence-electron chi connectivity index (χ4n) is 5.46. The van der Waals surface area contributed by atoms with E-state index in [1.807, 2.05) is 78.9 Å². The van der Waals surface area contributed by atoms with Gasteiger partial charge in [-0.1, -0.05) is 66.4 Å². The first-order valence-electron chi connectivity index (χ1n) is 14.0. The molecule has 45 heavy (non-hydrogen) atoms. The summed E-state index contributed by atoms with van der Waals surface area (Å²) in [6.07, 6.45) is -0.736. The summed E-state index contributed by atoms with van der Waals surface area (Å²) < 4.78 is 31.3. The van der Waals surface area contributed by atoms with Gasteiger partial charge in [0.25, 0.3) is 5.56 Å². The molecule has 1 unspecified atom stereocenters. The fourth-order valence-corrected chi connectivity index (χ4v) is 6.50. The molecular weight excluding hydrogens is 626 g/mol. The van der Waals surface area contributed by atoms with Crippen LogP contribution in [-0.2, 0) is 31.4 Å². The molecule has 10 nitrogen and oxygen atoms in total. The minimum absolute atomic E-state index is 0. The number of benzene rings is 3. The number of aryl methyl sites for hydroxylation is 1. The molecule has 1 fully saturated rings. The zero-order chi connectivity index (χ0) is 31.5. The van der Waals surface area contributed by atoms with E-state index in [2.05, 4.69) is 4.98 Å². The van der Waals surface area contributed by atoms with Gasteiger partial charge in [0.15, 0.2) is 0 Å². The summed E-state index contributed by atoms with van der Waals surface area (Å²) >= 11 is 5.13. The van der Waals surface area contributed by atoms with Gasteiger partial charge in [0.05, 0.1) is 26.9 Å². The molecule has 0 aliphatic carbocycles. The van der Waals surface area contributed by atoms with Gasteiger partial charge in [0.2, 0.25) is 0 Å². The average Bonchev–Trinajstić information content (AvgIpc) is 3.41. The molecular formula is C32H34N2NaO8PS. The largest absolute Gasteiger partial charge is 1.00 e. The summed E-state index contributed by atoms with van der Waals surface area (Å²) in [6, 6.07) is 25.0. The van der Waals surface area contributed by atoms with Crippen molar-refractivity contribution in [3.63, 3.8) is 0 Å². The number of methoxy groups -OCH3 is 2. The summed E-state index contributed by atoms with van der Waals surface area (Å²) in [6.45, 7) is -0.458. The van der Waals surface area contributed by atoms with E-state index in [0.717, 1.165) is 16.7 Å².